The third-order valence-electron chi connectivity index (χ3n) is 2.04. The van der Waals surface area contributed by atoms with Gasteiger partial charge in [-0.05, 0) is 30.5 Å². The van der Waals surface area contributed by atoms with Crippen LogP contribution in [0.15, 0.2) is 18.2 Å². The van der Waals surface area contributed by atoms with Crippen LogP contribution in [-0.4, -0.2) is 11.9 Å². The second kappa shape index (κ2) is 4.19. The van der Waals surface area contributed by atoms with Gasteiger partial charge in [-0.1, -0.05) is 12.1 Å². The average molecular weight is 196 g/mol. The van der Waals surface area contributed by atoms with E-state index in [0.29, 0.717) is 12.0 Å². The van der Waals surface area contributed by atoms with Gasteiger partial charge in [0.2, 0.25) is 5.91 Å². The van der Waals surface area contributed by atoms with Crippen LogP contribution >= 0.6 is 0 Å². The molecule has 1 aromatic carbocycles. The number of benzene rings is 1. The van der Waals surface area contributed by atoms with E-state index < -0.39 is 11.9 Å². The average Bonchev–Trinajstić information content (AvgIpc) is 2.11. The van der Waals surface area contributed by atoms with E-state index in [1.165, 1.54) is 6.07 Å². The summed E-state index contributed by atoms with van der Waals surface area (Å²) in [6, 6.07) is 3.92. The lowest BCUT2D eigenvalue weighted by Gasteiger charge is -2.08. The van der Waals surface area contributed by atoms with Crippen LogP contribution in [-0.2, 0) is 11.2 Å². The number of hydrogen-bond acceptors (Lipinski definition) is 2. The number of nitrogens with two attached hydrogens (primary N) is 2. The fourth-order valence-corrected chi connectivity index (χ4v) is 1.19. The maximum atomic E-state index is 12.9. The molecule has 0 spiro atoms. The highest BCUT2D eigenvalue weighted by Gasteiger charge is 2.10. The Hall–Kier alpha value is -1.42. The van der Waals surface area contributed by atoms with Crippen LogP contribution in [0, 0.1) is 12.7 Å². The van der Waals surface area contributed by atoms with Gasteiger partial charge in [0.1, 0.15) is 5.82 Å². The second-order valence-electron chi connectivity index (χ2n) is 3.30. The first-order chi connectivity index (χ1) is 6.50. The van der Waals surface area contributed by atoms with E-state index in [-0.39, 0.29) is 5.82 Å². The highest BCUT2D eigenvalue weighted by atomic mass is 19.1. The smallest absolute Gasteiger partial charge is 0.234 e. The maximum Gasteiger partial charge on any atom is 0.234 e. The van der Waals surface area contributed by atoms with Gasteiger partial charge >= 0.3 is 0 Å². The molecule has 0 saturated heterocycles. The number of hydrogen-bond donors (Lipinski definition) is 2. The highest BCUT2D eigenvalue weighted by molar-refractivity contribution is 5.79. The van der Waals surface area contributed by atoms with Crippen molar-refractivity contribution in [3.63, 3.8) is 0 Å². The molecule has 0 aromatic heterocycles. The van der Waals surface area contributed by atoms with Crippen molar-refractivity contribution in [1.82, 2.24) is 0 Å². The number of halogens is 1. The van der Waals surface area contributed by atoms with E-state index in [1.807, 2.05) is 0 Å². The van der Waals surface area contributed by atoms with Gasteiger partial charge in [0.25, 0.3) is 0 Å². The molecule has 0 saturated carbocycles. The van der Waals surface area contributed by atoms with E-state index in [9.17, 15) is 9.18 Å². The van der Waals surface area contributed by atoms with Crippen molar-refractivity contribution in [1.29, 1.82) is 0 Å². The van der Waals surface area contributed by atoms with Gasteiger partial charge in [-0.3, -0.25) is 4.79 Å². The molecule has 0 aliphatic carbocycles. The minimum absolute atomic E-state index is 0.263. The number of aryl methyl sites for hydroxylation is 1. The molecule has 1 unspecified atom stereocenters. The molecule has 0 fully saturated rings. The van der Waals surface area contributed by atoms with Crippen LogP contribution in [0.5, 0.6) is 0 Å². The van der Waals surface area contributed by atoms with Crippen molar-refractivity contribution in [2.45, 2.75) is 19.4 Å². The van der Waals surface area contributed by atoms with Crippen LogP contribution < -0.4 is 11.5 Å². The Morgan fingerprint density at radius 3 is 2.71 bits per heavy atom. The van der Waals surface area contributed by atoms with Crippen LogP contribution in [0.3, 0.4) is 0 Å². The largest absolute Gasteiger partial charge is 0.368 e. The molecule has 0 aliphatic heterocycles. The summed E-state index contributed by atoms with van der Waals surface area (Å²) in [7, 11) is 0. The predicted octanol–water partition coefficient (Wildman–Crippen LogP) is 0.489. The molecular formula is C10H13FN2O. The van der Waals surface area contributed by atoms with Crippen molar-refractivity contribution in [3.8, 4) is 0 Å². The van der Waals surface area contributed by atoms with Crippen molar-refractivity contribution < 1.29 is 9.18 Å². The highest BCUT2D eigenvalue weighted by Crippen LogP contribution is 2.10. The van der Waals surface area contributed by atoms with Crippen LogP contribution in [0.4, 0.5) is 4.39 Å². The zero-order valence-electron chi connectivity index (χ0n) is 7.96. The summed E-state index contributed by atoms with van der Waals surface area (Å²) in [5, 5.41) is 0. The molecule has 4 N–H and O–H groups in total. The topological polar surface area (TPSA) is 69.1 Å². The Labute approximate surface area is 81.9 Å². The minimum Gasteiger partial charge on any atom is -0.368 e. The SMILES string of the molecule is Cc1cc(CC(N)C(N)=O)ccc1F. The Morgan fingerprint density at radius 1 is 1.57 bits per heavy atom. The predicted molar refractivity (Wildman–Crippen MR) is 52.0 cm³/mol. The Balaban J connectivity index is 2.78. The molecule has 76 valence electrons. The molecule has 0 radical (unpaired) electrons. The lowest BCUT2D eigenvalue weighted by molar-refractivity contribution is -0.119. The molecule has 14 heavy (non-hydrogen) atoms. The van der Waals surface area contributed by atoms with Gasteiger partial charge in [-0.2, -0.15) is 0 Å². The number of carbonyl (C=O) groups excluding carboxylic acids is 1. The summed E-state index contributed by atoms with van der Waals surface area (Å²) in [6.07, 6.45) is 0.344. The first-order valence-corrected chi connectivity index (χ1v) is 4.30. The zero-order chi connectivity index (χ0) is 10.7. The number of amides is 1. The van der Waals surface area contributed by atoms with Crippen molar-refractivity contribution in [2.75, 3.05) is 0 Å². The van der Waals surface area contributed by atoms with Gasteiger partial charge in [-0.15, -0.1) is 0 Å². The summed E-state index contributed by atoms with van der Waals surface area (Å²) in [5.41, 5.74) is 11.8. The monoisotopic (exact) mass is 196 g/mol. The molecular weight excluding hydrogens is 183 g/mol. The minimum atomic E-state index is -0.708. The summed E-state index contributed by atoms with van der Waals surface area (Å²) in [4.78, 5) is 10.7. The molecule has 1 aromatic rings. The number of primary amides is 1. The summed E-state index contributed by atoms with van der Waals surface area (Å²) in [5.74, 6) is -0.812. The lowest BCUT2D eigenvalue weighted by atomic mass is 10.0. The van der Waals surface area contributed by atoms with Crippen LogP contribution in [0.1, 0.15) is 11.1 Å². The van der Waals surface area contributed by atoms with Gasteiger partial charge in [0.15, 0.2) is 0 Å². The Morgan fingerprint density at radius 2 is 2.21 bits per heavy atom. The van der Waals surface area contributed by atoms with Gasteiger partial charge in [-0.25, -0.2) is 4.39 Å². The Bertz CT molecular complexity index is 352. The Kier molecular flexibility index (Phi) is 3.19. The molecule has 0 aliphatic rings. The molecule has 0 bridgehead atoms. The molecule has 3 nitrogen and oxygen atoms in total. The van der Waals surface area contributed by atoms with Crippen LogP contribution in [0.25, 0.3) is 0 Å². The first kappa shape index (κ1) is 10.7. The van der Waals surface area contributed by atoms with Crippen LogP contribution in [0.2, 0.25) is 0 Å². The number of rotatable bonds is 3. The second-order valence-corrected chi connectivity index (χ2v) is 3.30. The summed E-state index contributed by atoms with van der Waals surface area (Å²) >= 11 is 0. The normalized spacial score (nSPS) is 12.5. The molecule has 1 rings (SSSR count). The lowest BCUT2D eigenvalue weighted by Crippen LogP contribution is -2.38. The third-order valence-corrected chi connectivity index (χ3v) is 2.04. The summed E-state index contributed by atoms with van der Waals surface area (Å²) < 4.78 is 12.9. The van der Waals surface area contributed by atoms with E-state index in [4.69, 9.17) is 11.5 Å². The summed E-state index contributed by atoms with van der Waals surface area (Å²) in [6.45, 7) is 1.66. The standard InChI is InChI=1S/C10H13FN2O/c1-6-4-7(2-3-8(6)11)5-9(12)10(13)14/h2-4,9H,5,12H2,1H3,(H2,13,14). The van der Waals surface area contributed by atoms with Crippen molar-refractivity contribution in [3.05, 3.63) is 35.1 Å². The maximum absolute atomic E-state index is 12.9. The van der Waals surface area contributed by atoms with Crippen molar-refractivity contribution >= 4 is 5.91 Å². The van der Waals surface area contributed by atoms with Gasteiger partial charge in [0, 0.05) is 0 Å². The van der Waals surface area contributed by atoms with Crippen molar-refractivity contribution in [2.24, 2.45) is 11.5 Å². The molecule has 0 heterocycles. The van der Waals surface area contributed by atoms with E-state index in [0.717, 1.165) is 5.56 Å². The fourth-order valence-electron chi connectivity index (χ4n) is 1.19. The molecule has 1 amide bonds. The zero-order valence-corrected chi connectivity index (χ0v) is 7.96. The fraction of sp³-hybridized carbons (Fsp3) is 0.300. The van der Waals surface area contributed by atoms with E-state index in [2.05, 4.69) is 0 Å². The van der Waals surface area contributed by atoms with Gasteiger partial charge < -0.3 is 11.5 Å². The van der Waals surface area contributed by atoms with E-state index in [1.54, 1.807) is 19.1 Å². The first-order valence-electron chi connectivity index (χ1n) is 4.30. The molecule has 1 atom stereocenters. The molecule has 4 heteroatoms. The van der Waals surface area contributed by atoms with Gasteiger partial charge in [0.05, 0.1) is 6.04 Å². The third kappa shape index (κ3) is 2.53. The quantitative estimate of drug-likeness (QED) is 0.738. The number of carbonyl (C=O) groups is 1. The van der Waals surface area contributed by atoms with E-state index >= 15 is 0 Å².